The molecule has 0 saturated carbocycles. The summed E-state index contributed by atoms with van der Waals surface area (Å²) >= 11 is 4.71. The van der Waals surface area contributed by atoms with Gasteiger partial charge in [-0.3, -0.25) is 0 Å². The molecule has 5 heteroatoms. The van der Waals surface area contributed by atoms with Gasteiger partial charge in [-0.15, -0.1) is 0 Å². The number of halogens is 2. The van der Waals surface area contributed by atoms with E-state index in [1.165, 1.54) is 6.07 Å². The van der Waals surface area contributed by atoms with Crippen LogP contribution in [0.15, 0.2) is 39.5 Å². The van der Waals surface area contributed by atoms with E-state index >= 15 is 0 Å². The van der Waals surface area contributed by atoms with Crippen molar-refractivity contribution >= 4 is 27.3 Å². The molecular formula is C13H13BrFNOS. The number of hydrogen-bond donors (Lipinski definition) is 2. The highest BCUT2D eigenvalue weighted by Crippen LogP contribution is 2.17. The van der Waals surface area contributed by atoms with Gasteiger partial charge in [-0.2, -0.15) is 11.3 Å². The van der Waals surface area contributed by atoms with Crippen LogP contribution in [0.1, 0.15) is 17.2 Å². The van der Waals surface area contributed by atoms with Crippen LogP contribution < -0.4 is 5.32 Å². The van der Waals surface area contributed by atoms with Crippen LogP contribution in [0.25, 0.3) is 0 Å². The predicted molar refractivity (Wildman–Crippen MR) is 75.1 cm³/mol. The van der Waals surface area contributed by atoms with E-state index in [1.807, 2.05) is 16.8 Å². The molecule has 96 valence electrons. The molecule has 18 heavy (non-hydrogen) atoms. The van der Waals surface area contributed by atoms with Gasteiger partial charge in [0.1, 0.15) is 5.82 Å². The fourth-order valence-corrected chi connectivity index (χ4v) is 2.72. The van der Waals surface area contributed by atoms with Gasteiger partial charge in [0.25, 0.3) is 0 Å². The van der Waals surface area contributed by atoms with E-state index in [2.05, 4.69) is 21.2 Å². The summed E-state index contributed by atoms with van der Waals surface area (Å²) in [6.45, 7) is 1.08. The fourth-order valence-electron chi connectivity index (χ4n) is 1.59. The summed E-state index contributed by atoms with van der Waals surface area (Å²) in [6, 6.07) is 6.80. The van der Waals surface area contributed by atoms with E-state index in [0.29, 0.717) is 17.6 Å². The van der Waals surface area contributed by atoms with Gasteiger partial charge >= 0.3 is 0 Å². The minimum absolute atomic E-state index is 0.267. The van der Waals surface area contributed by atoms with Crippen molar-refractivity contribution in [3.8, 4) is 0 Å². The lowest BCUT2D eigenvalue weighted by molar-refractivity contribution is 0.175. The zero-order chi connectivity index (χ0) is 13.0. The van der Waals surface area contributed by atoms with Crippen molar-refractivity contribution in [3.63, 3.8) is 0 Å². The Kier molecular flexibility index (Phi) is 4.88. The second-order valence-electron chi connectivity index (χ2n) is 3.95. The van der Waals surface area contributed by atoms with Crippen molar-refractivity contribution in [2.24, 2.45) is 0 Å². The zero-order valence-electron chi connectivity index (χ0n) is 9.57. The highest BCUT2D eigenvalue weighted by Gasteiger charge is 2.07. The van der Waals surface area contributed by atoms with Crippen molar-refractivity contribution in [2.45, 2.75) is 12.6 Å². The normalized spacial score (nSPS) is 12.6. The van der Waals surface area contributed by atoms with Crippen LogP contribution in [0.4, 0.5) is 4.39 Å². The van der Waals surface area contributed by atoms with E-state index < -0.39 is 6.10 Å². The maximum Gasteiger partial charge on any atom is 0.137 e. The molecule has 0 saturated heterocycles. The van der Waals surface area contributed by atoms with Gasteiger partial charge in [0.15, 0.2) is 0 Å². The van der Waals surface area contributed by atoms with Crippen LogP contribution >= 0.6 is 27.3 Å². The van der Waals surface area contributed by atoms with Gasteiger partial charge in [0.05, 0.1) is 10.6 Å². The summed E-state index contributed by atoms with van der Waals surface area (Å²) in [7, 11) is 0. The summed E-state index contributed by atoms with van der Waals surface area (Å²) in [4.78, 5) is 0. The topological polar surface area (TPSA) is 32.3 Å². The Morgan fingerprint density at radius 3 is 2.89 bits per heavy atom. The molecule has 0 spiro atoms. The first-order chi connectivity index (χ1) is 8.66. The molecule has 1 aromatic heterocycles. The van der Waals surface area contributed by atoms with E-state index in [0.717, 1.165) is 11.1 Å². The van der Waals surface area contributed by atoms with Crippen LogP contribution in [0.5, 0.6) is 0 Å². The number of hydrogen-bond acceptors (Lipinski definition) is 3. The lowest BCUT2D eigenvalue weighted by Crippen LogP contribution is -2.20. The first-order valence-corrected chi connectivity index (χ1v) is 7.25. The van der Waals surface area contributed by atoms with Crippen LogP contribution in [0.2, 0.25) is 0 Å². The first-order valence-electron chi connectivity index (χ1n) is 5.51. The van der Waals surface area contributed by atoms with Crippen molar-refractivity contribution in [3.05, 3.63) is 56.4 Å². The molecule has 2 N–H and O–H groups in total. The molecule has 2 nitrogen and oxygen atoms in total. The van der Waals surface area contributed by atoms with Crippen LogP contribution in [0, 0.1) is 5.82 Å². The van der Waals surface area contributed by atoms with Crippen molar-refractivity contribution < 1.29 is 9.50 Å². The SMILES string of the molecule is OC(CNCc1ccc(F)c(Br)c1)c1ccsc1. The number of thiophene rings is 1. The molecular weight excluding hydrogens is 317 g/mol. The molecule has 0 aliphatic heterocycles. The van der Waals surface area contributed by atoms with Crippen molar-refractivity contribution in [1.82, 2.24) is 5.32 Å². The van der Waals surface area contributed by atoms with Crippen LogP contribution in [-0.4, -0.2) is 11.7 Å². The standard InChI is InChI=1S/C13H13BrFNOS/c14-11-5-9(1-2-12(11)15)6-16-7-13(17)10-3-4-18-8-10/h1-5,8,13,16-17H,6-7H2. The molecule has 0 aliphatic carbocycles. The van der Waals surface area contributed by atoms with E-state index in [-0.39, 0.29) is 5.82 Å². The summed E-state index contributed by atoms with van der Waals surface area (Å²) < 4.78 is 13.5. The fraction of sp³-hybridized carbons (Fsp3) is 0.231. The third kappa shape index (κ3) is 3.62. The zero-order valence-corrected chi connectivity index (χ0v) is 12.0. The monoisotopic (exact) mass is 329 g/mol. The first kappa shape index (κ1) is 13.7. The molecule has 1 heterocycles. The number of aliphatic hydroxyl groups is 1. The lowest BCUT2D eigenvalue weighted by Gasteiger charge is -2.10. The predicted octanol–water partition coefficient (Wildman–Crippen LogP) is 3.47. The summed E-state index contributed by atoms with van der Waals surface area (Å²) in [5.41, 5.74) is 1.90. The van der Waals surface area contributed by atoms with Gasteiger partial charge < -0.3 is 10.4 Å². The molecule has 0 radical (unpaired) electrons. The molecule has 1 aromatic carbocycles. The van der Waals surface area contributed by atoms with E-state index in [9.17, 15) is 9.50 Å². The van der Waals surface area contributed by atoms with Gasteiger partial charge in [0, 0.05) is 13.1 Å². The summed E-state index contributed by atoms with van der Waals surface area (Å²) in [5.74, 6) is -0.267. The number of nitrogens with one attached hydrogen (secondary N) is 1. The molecule has 1 atom stereocenters. The van der Waals surface area contributed by atoms with Crippen LogP contribution in [0.3, 0.4) is 0 Å². The number of benzene rings is 1. The Bertz CT molecular complexity index is 504. The Hall–Kier alpha value is -0.750. The smallest absolute Gasteiger partial charge is 0.137 e. The molecule has 2 aromatic rings. The highest BCUT2D eigenvalue weighted by molar-refractivity contribution is 9.10. The van der Waals surface area contributed by atoms with Gasteiger partial charge in [0.2, 0.25) is 0 Å². The van der Waals surface area contributed by atoms with E-state index in [1.54, 1.807) is 23.5 Å². The quantitative estimate of drug-likeness (QED) is 0.880. The molecule has 2 rings (SSSR count). The summed E-state index contributed by atoms with van der Waals surface area (Å²) in [5, 5.41) is 16.9. The second-order valence-corrected chi connectivity index (χ2v) is 5.59. The third-order valence-corrected chi connectivity index (χ3v) is 3.89. The van der Waals surface area contributed by atoms with Gasteiger partial charge in [-0.05, 0) is 56.0 Å². The second kappa shape index (κ2) is 6.43. The maximum atomic E-state index is 13.0. The molecule has 0 aliphatic rings. The lowest BCUT2D eigenvalue weighted by atomic mass is 10.2. The summed E-state index contributed by atoms with van der Waals surface area (Å²) in [6.07, 6.45) is -0.500. The largest absolute Gasteiger partial charge is 0.387 e. The Morgan fingerprint density at radius 2 is 2.22 bits per heavy atom. The van der Waals surface area contributed by atoms with E-state index in [4.69, 9.17) is 0 Å². The minimum Gasteiger partial charge on any atom is -0.387 e. The average Bonchev–Trinajstić information content (AvgIpc) is 2.87. The Morgan fingerprint density at radius 1 is 1.39 bits per heavy atom. The number of aliphatic hydroxyl groups excluding tert-OH is 1. The van der Waals surface area contributed by atoms with Gasteiger partial charge in [-0.25, -0.2) is 4.39 Å². The third-order valence-electron chi connectivity index (χ3n) is 2.58. The molecule has 0 amide bonds. The Balaban J connectivity index is 1.83. The number of rotatable bonds is 5. The van der Waals surface area contributed by atoms with Gasteiger partial charge in [-0.1, -0.05) is 6.07 Å². The Labute approximate surface area is 118 Å². The molecule has 0 bridgehead atoms. The molecule has 0 fully saturated rings. The van der Waals surface area contributed by atoms with Crippen molar-refractivity contribution in [2.75, 3.05) is 6.54 Å². The van der Waals surface area contributed by atoms with Crippen LogP contribution in [-0.2, 0) is 6.54 Å². The average molecular weight is 330 g/mol. The van der Waals surface area contributed by atoms with Crippen molar-refractivity contribution in [1.29, 1.82) is 0 Å². The highest BCUT2D eigenvalue weighted by atomic mass is 79.9. The minimum atomic E-state index is -0.500. The maximum absolute atomic E-state index is 13.0. The molecule has 1 unspecified atom stereocenters.